The molecule has 3 aromatic carbocycles. The summed E-state index contributed by atoms with van der Waals surface area (Å²) in [4.78, 5) is 29.1. The number of anilines is 1. The smallest absolute Gasteiger partial charge is 0.488 e. The number of phenols is 1. The average Bonchev–Trinajstić information content (AvgIpc) is 3.29. The number of imide groups is 1. The van der Waals surface area contributed by atoms with Crippen molar-refractivity contribution in [1.29, 1.82) is 0 Å². The maximum absolute atomic E-state index is 14.1. The Labute approximate surface area is 274 Å². The Balaban J connectivity index is 1.33. The predicted molar refractivity (Wildman–Crippen MR) is 180 cm³/mol. The summed E-state index contributed by atoms with van der Waals surface area (Å²) in [6.45, 7) is 2.08. The van der Waals surface area contributed by atoms with E-state index in [9.17, 15) is 29.8 Å². The van der Waals surface area contributed by atoms with Crippen LogP contribution in [0.1, 0.15) is 50.2 Å². The van der Waals surface area contributed by atoms with E-state index < -0.39 is 32.2 Å². The average molecular weight is 640 g/mol. The number of hydrogen-bond donors (Lipinski definition) is 4. The van der Waals surface area contributed by atoms with Crippen LogP contribution in [0.2, 0.25) is 11.3 Å². The topological polar surface area (TPSA) is 128 Å². The molecule has 2 saturated heterocycles. The molecular weight excluding hydrogens is 603 g/mol. The van der Waals surface area contributed by atoms with Crippen molar-refractivity contribution < 1.29 is 34.4 Å². The number of carbonyl (C=O) groups excluding carboxylic acids is 2. The number of benzene rings is 3. The summed E-state index contributed by atoms with van der Waals surface area (Å²) >= 11 is 6.47. The molecule has 0 unspecified atom stereocenters. The Bertz CT molecular complexity index is 1700. The van der Waals surface area contributed by atoms with Crippen molar-refractivity contribution in [1.82, 2.24) is 0 Å². The minimum atomic E-state index is -1.73. The number of rotatable bonds is 9. The number of allylic oxidation sites excluding steroid dienone is 2. The van der Waals surface area contributed by atoms with Crippen LogP contribution in [0, 0.1) is 17.8 Å². The van der Waals surface area contributed by atoms with Crippen molar-refractivity contribution in [3.05, 3.63) is 100 Å². The normalized spacial score (nSPS) is 23.1. The van der Waals surface area contributed by atoms with Gasteiger partial charge in [0.25, 0.3) is 0 Å². The fourth-order valence-electron chi connectivity index (χ4n) is 7.44. The number of halogens is 1. The lowest BCUT2D eigenvalue weighted by Gasteiger charge is -2.43. The van der Waals surface area contributed by atoms with E-state index >= 15 is 0 Å². The molecule has 2 aliphatic heterocycles. The fourth-order valence-corrected chi connectivity index (χ4v) is 7.67. The zero-order chi connectivity index (χ0) is 32.5. The number of fused-ring (bicyclic) bond motifs is 3. The Hall–Kier alpha value is -3.66. The summed E-state index contributed by atoms with van der Waals surface area (Å²) in [6, 6.07) is 21.0. The molecule has 4 N–H and O–H groups in total. The SMILES string of the molecule is CCCC1=C2[C@@H](CC/C(=C/c3ccc(O)cc3Cl)c3ccccc3)OB(O)C[C@@H]2[C@@H]2C(=O)N(c3cccc(B(O)O)c3)C(=O)[C@@H]2C1. The second-order valence-corrected chi connectivity index (χ2v) is 12.7. The molecule has 2 amide bonds. The summed E-state index contributed by atoms with van der Waals surface area (Å²) in [5.74, 6) is -2.12. The van der Waals surface area contributed by atoms with E-state index in [1.807, 2.05) is 36.4 Å². The van der Waals surface area contributed by atoms with Gasteiger partial charge in [0.05, 0.1) is 28.6 Å². The zero-order valence-corrected chi connectivity index (χ0v) is 26.3. The fraction of sp³-hybridized carbons (Fsp3) is 0.314. The molecule has 0 radical (unpaired) electrons. The minimum Gasteiger partial charge on any atom is -0.508 e. The lowest BCUT2D eigenvalue weighted by Crippen LogP contribution is -2.46. The first-order chi connectivity index (χ1) is 22.2. The van der Waals surface area contributed by atoms with Crippen LogP contribution in [-0.4, -0.2) is 52.3 Å². The Morgan fingerprint density at radius 3 is 2.54 bits per heavy atom. The highest BCUT2D eigenvalue weighted by molar-refractivity contribution is 6.58. The van der Waals surface area contributed by atoms with E-state index in [-0.39, 0.29) is 35.3 Å². The molecule has 11 heteroatoms. The first-order valence-corrected chi connectivity index (χ1v) is 16.2. The molecule has 0 spiro atoms. The van der Waals surface area contributed by atoms with Crippen LogP contribution in [0.25, 0.3) is 11.6 Å². The van der Waals surface area contributed by atoms with Gasteiger partial charge >= 0.3 is 14.2 Å². The van der Waals surface area contributed by atoms with Crippen molar-refractivity contribution in [3.8, 4) is 5.75 Å². The first kappa shape index (κ1) is 32.3. The molecule has 3 aliphatic rings. The molecule has 236 valence electrons. The summed E-state index contributed by atoms with van der Waals surface area (Å²) in [5.41, 5.74) is 5.41. The highest BCUT2D eigenvalue weighted by atomic mass is 35.5. The van der Waals surface area contributed by atoms with Crippen LogP contribution in [0.5, 0.6) is 5.75 Å². The van der Waals surface area contributed by atoms with Crippen molar-refractivity contribution in [3.63, 3.8) is 0 Å². The molecule has 4 atom stereocenters. The number of amides is 2. The van der Waals surface area contributed by atoms with E-state index in [0.29, 0.717) is 30.0 Å². The Morgan fingerprint density at radius 1 is 1.04 bits per heavy atom. The highest BCUT2D eigenvalue weighted by Crippen LogP contribution is 2.52. The van der Waals surface area contributed by atoms with Crippen LogP contribution < -0.4 is 10.4 Å². The summed E-state index contributed by atoms with van der Waals surface area (Å²) in [7, 11) is -2.83. The van der Waals surface area contributed by atoms with E-state index in [2.05, 4.69) is 6.92 Å². The molecule has 3 aromatic rings. The van der Waals surface area contributed by atoms with Crippen LogP contribution in [0.4, 0.5) is 5.69 Å². The van der Waals surface area contributed by atoms with Gasteiger partial charge in [0.15, 0.2) is 0 Å². The molecule has 0 aromatic heterocycles. The van der Waals surface area contributed by atoms with Crippen molar-refractivity contribution in [2.24, 2.45) is 17.8 Å². The number of aromatic hydroxyl groups is 1. The van der Waals surface area contributed by atoms with Crippen LogP contribution in [0.15, 0.2) is 83.9 Å². The zero-order valence-electron chi connectivity index (χ0n) is 25.6. The van der Waals surface area contributed by atoms with Gasteiger partial charge in [0.2, 0.25) is 11.8 Å². The van der Waals surface area contributed by atoms with Gasteiger partial charge in [-0.05, 0) is 102 Å². The van der Waals surface area contributed by atoms with Gasteiger partial charge in [-0.1, -0.05) is 73.0 Å². The van der Waals surface area contributed by atoms with Gasteiger partial charge in [0, 0.05) is 0 Å². The standard InChI is InChI=1S/C35H36B2ClNO7/c1-2-7-24-17-28-33(35(42)39(34(28)41)26-11-6-10-25(18-26)37(44)45)29-20-36(43)46-31(32(24)29)15-13-22(21-8-4-3-5-9-21)16-23-12-14-27(40)19-30(23)38/h3-6,8-12,14,16,18-19,28-29,31,33,40,43-45H,2,7,13,15,17,20H2,1H3/b22-16-/t28-,29+,31-,33-/m1/s1. The molecule has 46 heavy (non-hydrogen) atoms. The molecule has 2 fully saturated rings. The molecule has 8 nitrogen and oxygen atoms in total. The van der Waals surface area contributed by atoms with Gasteiger partial charge in [-0.2, -0.15) is 0 Å². The van der Waals surface area contributed by atoms with Gasteiger partial charge in [-0.15, -0.1) is 0 Å². The lowest BCUT2D eigenvalue weighted by atomic mass is 9.58. The Morgan fingerprint density at radius 2 is 1.83 bits per heavy atom. The molecule has 0 bridgehead atoms. The molecule has 0 saturated carbocycles. The second kappa shape index (κ2) is 13.6. The van der Waals surface area contributed by atoms with Gasteiger partial charge in [-0.3, -0.25) is 14.5 Å². The van der Waals surface area contributed by atoms with E-state index in [0.717, 1.165) is 40.7 Å². The third kappa shape index (κ3) is 6.33. The number of carbonyl (C=O) groups is 2. The highest BCUT2D eigenvalue weighted by Gasteiger charge is 2.57. The largest absolute Gasteiger partial charge is 0.508 e. The van der Waals surface area contributed by atoms with Crippen LogP contribution in [0.3, 0.4) is 0 Å². The summed E-state index contributed by atoms with van der Waals surface area (Å²) in [6.07, 6.45) is 4.92. The van der Waals surface area contributed by atoms with E-state index in [1.165, 1.54) is 23.1 Å². The van der Waals surface area contributed by atoms with Crippen LogP contribution in [-0.2, 0) is 14.2 Å². The quantitative estimate of drug-likeness (QED) is 0.114. The maximum Gasteiger partial charge on any atom is 0.488 e. The monoisotopic (exact) mass is 639 g/mol. The number of phenolic OH excluding ortho intramolecular Hbond substituents is 1. The van der Waals surface area contributed by atoms with Gasteiger partial charge in [-0.25, -0.2) is 0 Å². The van der Waals surface area contributed by atoms with E-state index in [1.54, 1.807) is 24.3 Å². The van der Waals surface area contributed by atoms with E-state index in [4.69, 9.17) is 16.3 Å². The van der Waals surface area contributed by atoms with Crippen molar-refractivity contribution >= 4 is 60.5 Å². The molecule has 6 rings (SSSR count). The molecule has 2 heterocycles. The Kier molecular flexibility index (Phi) is 9.54. The number of nitrogens with zero attached hydrogens (tertiary/aromatic N) is 1. The molecule has 1 aliphatic carbocycles. The predicted octanol–water partition coefficient (Wildman–Crippen LogP) is 4.85. The van der Waals surface area contributed by atoms with Crippen molar-refractivity contribution in [2.75, 3.05) is 4.90 Å². The van der Waals surface area contributed by atoms with Crippen LogP contribution >= 0.6 is 11.6 Å². The van der Waals surface area contributed by atoms with Crippen molar-refractivity contribution in [2.45, 2.75) is 51.5 Å². The van der Waals surface area contributed by atoms with Gasteiger partial charge in [0.1, 0.15) is 5.75 Å². The maximum atomic E-state index is 14.1. The molecular formula is C35H36B2ClNO7. The first-order valence-electron chi connectivity index (χ1n) is 15.8. The second-order valence-electron chi connectivity index (χ2n) is 12.3. The third-order valence-electron chi connectivity index (χ3n) is 9.42. The summed E-state index contributed by atoms with van der Waals surface area (Å²) in [5, 5.41) is 40.7. The third-order valence-corrected chi connectivity index (χ3v) is 9.75. The van der Waals surface area contributed by atoms with Gasteiger partial charge < -0.3 is 24.8 Å². The number of hydrogen-bond acceptors (Lipinski definition) is 7. The minimum absolute atomic E-state index is 0.0854. The lowest BCUT2D eigenvalue weighted by molar-refractivity contribution is -0.122. The summed E-state index contributed by atoms with van der Waals surface area (Å²) < 4.78 is 6.22.